The molecule has 12 nitrogen and oxygen atoms in total. The summed E-state index contributed by atoms with van der Waals surface area (Å²) < 4.78 is 16.8. The number of imidazole rings is 1. The summed E-state index contributed by atoms with van der Waals surface area (Å²) in [6, 6.07) is 1.96. The van der Waals surface area contributed by atoms with Crippen molar-refractivity contribution in [3.8, 4) is 11.5 Å². The van der Waals surface area contributed by atoms with Crippen LogP contribution in [0.5, 0.6) is 11.5 Å². The number of aromatic nitrogens is 7. The first-order chi connectivity index (χ1) is 20.0. The number of hydrogen-bond donors (Lipinski definition) is 1. The first-order valence-electron chi connectivity index (χ1n) is 13.8. The van der Waals surface area contributed by atoms with E-state index in [4.69, 9.17) is 21.1 Å². The summed E-state index contributed by atoms with van der Waals surface area (Å²) in [6.45, 7) is 5.02. The van der Waals surface area contributed by atoms with Crippen molar-refractivity contribution in [1.82, 2.24) is 38.6 Å². The van der Waals surface area contributed by atoms with E-state index in [0.29, 0.717) is 57.3 Å². The largest absolute Gasteiger partial charge is 0.450 e. The zero-order valence-electron chi connectivity index (χ0n) is 22.7. The number of rotatable bonds is 9. The van der Waals surface area contributed by atoms with E-state index in [1.165, 1.54) is 11.8 Å². The normalized spacial score (nSPS) is 16.0. The molecule has 7 rings (SSSR count). The van der Waals surface area contributed by atoms with Crippen molar-refractivity contribution in [1.29, 1.82) is 0 Å². The van der Waals surface area contributed by atoms with Crippen molar-refractivity contribution in [2.24, 2.45) is 7.05 Å². The number of ether oxygens (including phenoxy) is 2. The minimum absolute atomic E-state index is 0.0757. The Kier molecular flexibility index (Phi) is 6.81. The first-order valence-corrected chi connectivity index (χ1v) is 14.2. The third kappa shape index (κ3) is 5.14. The van der Waals surface area contributed by atoms with E-state index in [1.54, 1.807) is 33.9 Å². The number of pyridine rings is 2. The smallest absolute Gasteiger partial charge is 0.274 e. The van der Waals surface area contributed by atoms with Gasteiger partial charge in [0, 0.05) is 51.8 Å². The van der Waals surface area contributed by atoms with Crippen LogP contribution in [0, 0.1) is 0 Å². The van der Waals surface area contributed by atoms with Gasteiger partial charge in [0.25, 0.3) is 5.56 Å². The molecule has 1 saturated carbocycles. The molecule has 0 amide bonds. The van der Waals surface area contributed by atoms with Gasteiger partial charge in [-0.15, -0.1) is 0 Å². The molecule has 1 saturated heterocycles. The molecule has 41 heavy (non-hydrogen) atoms. The number of anilines is 2. The van der Waals surface area contributed by atoms with Gasteiger partial charge >= 0.3 is 0 Å². The summed E-state index contributed by atoms with van der Waals surface area (Å²) in [6.07, 6.45) is 13.4. The molecule has 212 valence electrons. The quantitative estimate of drug-likeness (QED) is 0.279. The predicted molar refractivity (Wildman–Crippen MR) is 154 cm³/mol. The SMILES string of the molecule is Cn1c(Nc2cc(C3CC3)cn(CCCN3CCOCC3)c2=O)nc2ncc(Oc3cnn4ccncc34)c(Cl)c21. The third-order valence-electron chi connectivity index (χ3n) is 7.69. The maximum Gasteiger partial charge on any atom is 0.274 e. The topological polar surface area (TPSA) is 117 Å². The van der Waals surface area contributed by atoms with Crippen molar-refractivity contribution in [3.63, 3.8) is 0 Å². The fraction of sp³-hybridized carbons (Fsp3) is 0.393. The lowest BCUT2D eigenvalue weighted by molar-refractivity contribution is 0.0369. The maximum atomic E-state index is 13.5. The Labute approximate surface area is 240 Å². The van der Waals surface area contributed by atoms with Crippen molar-refractivity contribution < 1.29 is 9.47 Å². The summed E-state index contributed by atoms with van der Waals surface area (Å²) in [5, 5.41) is 7.91. The Morgan fingerprint density at radius 3 is 2.83 bits per heavy atom. The summed E-state index contributed by atoms with van der Waals surface area (Å²) >= 11 is 6.81. The van der Waals surface area contributed by atoms with E-state index in [2.05, 4.69) is 30.3 Å². The van der Waals surface area contributed by atoms with Gasteiger partial charge in [0.2, 0.25) is 5.95 Å². The number of nitrogens with zero attached hydrogens (tertiary/aromatic N) is 8. The molecule has 0 aromatic carbocycles. The van der Waals surface area contributed by atoms with Gasteiger partial charge in [0.05, 0.1) is 31.8 Å². The van der Waals surface area contributed by atoms with Gasteiger partial charge < -0.3 is 23.9 Å². The molecular formula is C28H30ClN9O3. The average Bonchev–Trinajstić information content (AvgIpc) is 3.69. The Morgan fingerprint density at radius 2 is 2.00 bits per heavy atom. The Hall–Kier alpha value is -4.00. The van der Waals surface area contributed by atoms with Gasteiger partial charge in [-0.25, -0.2) is 9.50 Å². The van der Waals surface area contributed by atoms with Crippen LogP contribution in [0.4, 0.5) is 11.6 Å². The van der Waals surface area contributed by atoms with Crippen LogP contribution in [0.1, 0.15) is 30.7 Å². The van der Waals surface area contributed by atoms with E-state index < -0.39 is 0 Å². The van der Waals surface area contributed by atoms with E-state index >= 15 is 0 Å². The van der Waals surface area contributed by atoms with E-state index in [1.807, 2.05) is 23.9 Å². The van der Waals surface area contributed by atoms with E-state index in [0.717, 1.165) is 52.1 Å². The van der Waals surface area contributed by atoms with Gasteiger partial charge in [0.1, 0.15) is 21.7 Å². The van der Waals surface area contributed by atoms with Gasteiger partial charge in [0.15, 0.2) is 17.1 Å². The second-order valence-corrected chi connectivity index (χ2v) is 10.9. The second kappa shape index (κ2) is 10.8. The molecule has 1 aliphatic heterocycles. The molecule has 0 spiro atoms. The molecule has 2 fully saturated rings. The van der Waals surface area contributed by atoms with Crippen LogP contribution >= 0.6 is 11.6 Å². The van der Waals surface area contributed by atoms with Crippen LogP contribution < -0.4 is 15.6 Å². The fourth-order valence-electron chi connectivity index (χ4n) is 5.27. The molecule has 5 aromatic rings. The van der Waals surface area contributed by atoms with Crippen LogP contribution in [-0.4, -0.2) is 71.4 Å². The molecule has 5 aromatic heterocycles. The molecule has 0 atom stereocenters. The zero-order chi connectivity index (χ0) is 27.9. The number of aryl methyl sites for hydroxylation is 2. The summed E-state index contributed by atoms with van der Waals surface area (Å²) in [5.74, 6) is 1.84. The Bertz CT molecular complexity index is 1790. The molecule has 1 aliphatic carbocycles. The molecule has 1 N–H and O–H groups in total. The number of hydrogen-bond acceptors (Lipinski definition) is 9. The van der Waals surface area contributed by atoms with Crippen molar-refractivity contribution in [2.45, 2.75) is 31.7 Å². The summed E-state index contributed by atoms with van der Waals surface area (Å²) in [4.78, 5) is 29.2. The molecule has 2 aliphatic rings. The second-order valence-electron chi connectivity index (χ2n) is 10.5. The van der Waals surface area contributed by atoms with Crippen molar-refractivity contribution >= 4 is 39.9 Å². The highest BCUT2D eigenvalue weighted by Gasteiger charge is 2.26. The molecule has 0 unspecified atom stereocenters. The number of fused-ring (bicyclic) bond motifs is 2. The van der Waals surface area contributed by atoms with E-state index in [-0.39, 0.29) is 5.56 Å². The minimum atomic E-state index is -0.0757. The summed E-state index contributed by atoms with van der Waals surface area (Å²) in [5.41, 5.74) is 3.32. The third-order valence-corrected chi connectivity index (χ3v) is 8.06. The highest BCUT2D eigenvalue weighted by Crippen LogP contribution is 2.41. The van der Waals surface area contributed by atoms with Crippen LogP contribution in [0.25, 0.3) is 16.7 Å². The Morgan fingerprint density at radius 1 is 1.15 bits per heavy atom. The lowest BCUT2D eigenvalue weighted by atomic mass is 10.1. The summed E-state index contributed by atoms with van der Waals surface area (Å²) in [7, 11) is 1.83. The van der Waals surface area contributed by atoms with Gasteiger partial charge in [-0.05, 0) is 36.8 Å². The van der Waals surface area contributed by atoms with Crippen LogP contribution in [-0.2, 0) is 18.3 Å². The molecule has 0 radical (unpaired) electrons. The number of halogens is 1. The van der Waals surface area contributed by atoms with Gasteiger partial charge in [-0.2, -0.15) is 10.1 Å². The monoisotopic (exact) mass is 575 g/mol. The minimum Gasteiger partial charge on any atom is -0.450 e. The van der Waals surface area contributed by atoms with Crippen LogP contribution in [0.2, 0.25) is 5.02 Å². The van der Waals surface area contributed by atoms with Crippen molar-refractivity contribution in [2.75, 3.05) is 38.2 Å². The molecular weight excluding hydrogens is 546 g/mol. The van der Waals surface area contributed by atoms with Crippen molar-refractivity contribution in [3.05, 3.63) is 64.2 Å². The molecule has 0 bridgehead atoms. The maximum absolute atomic E-state index is 13.5. The van der Waals surface area contributed by atoms with Gasteiger partial charge in [-0.1, -0.05) is 11.6 Å². The van der Waals surface area contributed by atoms with Crippen LogP contribution in [0.3, 0.4) is 0 Å². The van der Waals surface area contributed by atoms with Gasteiger partial charge in [-0.3, -0.25) is 14.7 Å². The lowest BCUT2D eigenvalue weighted by Crippen LogP contribution is -2.37. The highest BCUT2D eigenvalue weighted by molar-refractivity contribution is 6.36. The standard InChI is InChI=1S/C28H30ClN9O3/c1-35-25-24(29)23(41-22-16-32-38-8-5-30-14-21(22)38)15-31-26(25)34-28(35)33-20-13-19(18-3-4-18)17-37(27(20)39)7-2-6-36-9-11-40-12-10-36/h5,8,13-18H,2-4,6-7,9-12H2,1H3,(H,31,33,34). The first kappa shape index (κ1) is 25.9. The average molecular weight is 576 g/mol. The highest BCUT2D eigenvalue weighted by atomic mass is 35.5. The van der Waals surface area contributed by atoms with Crippen LogP contribution in [0.15, 0.2) is 48.0 Å². The molecule has 6 heterocycles. The zero-order valence-corrected chi connectivity index (χ0v) is 23.4. The molecule has 13 heteroatoms. The lowest BCUT2D eigenvalue weighted by Gasteiger charge is -2.26. The predicted octanol–water partition coefficient (Wildman–Crippen LogP) is 3.96. The Balaban J connectivity index is 1.16. The van der Waals surface area contributed by atoms with E-state index in [9.17, 15) is 4.79 Å². The fourth-order valence-corrected chi connectivity index (χ4v) is 5.57. The number of nitrogens with one attached hydrogen (secondary N) is 1. The number of morpholine rings is 1.